The minimum atomic E-state index is -0.161. The number of piperidine rings is 1. The summed E-state index contributed by atoms with van der Waals surface area (Å²) in [6.07, 6.45) is 1.77. The van der Waals surface area contributed by atoms with E-state index in [1.54, 1.807) is 16.5 Å². The van der Waals surface area contributed by atoms with Gasteiger partial charge in [-0.1, -0.05) is 12.1 Å². The van der Waals surface area contributed by atoms with Gasteiger partial charge in [0.25, 0.3) is 0 Å². The van der Waals surface area contributed by atoms with Crippen LogP contribution in [-0.2, 0) is 7.05 Å². The number of carbonyl (C=O) groups excluding carboxylic acids is 1. The predicted octanol–water partition coefficient (Wildman–Crippen LogP) is 2.97. The third-order valence-corrected chi connectivity index (χ3v) is 5.00. The van der Waals surface area contributed by atoms with Crippen molar-refractivity contribution in [1.29, 1.82) is 0 Å². The number of hydrogen-bond donors (Lipinski definition) is 1. The molecule has 1 saturated heterocycles. The summed E-state index contributed by atoms with van der Waals surface area (Å²) >= 11 is 0. The summed E-state index contributed by atoms with van der Waals surface area (Å²) in [5.74, 6) is 1.46. The highest BCUT2D eigenvalue weighted by molar-refractivity contribution is 5.91. The average molecular weight is 387 g/mol. The number of benzene rings is 1. The molecule has 1 aromatic heterocycles. The fourth-order valence-corrected chi connectivity index (χ4v) is 3.68. The summed E-state index contributed by atoms with van der Waals surface area (Å²) in [6, 6.07) is 7.29. The van der Waals surface area contributed by atoms with E-state index in [4.69, 9.17) is 4.74 Å². The molecule has 1 N–H and O–H groups in total. The maximum absolute atomic E-state index is 12.9. The molecule has 8 nitrogen and oxygen atoms in total. The number of ether oxygens (including phenoxy) is 1. The first-order chi connectivity index (χ1) is 13.4. The second-order valence-electron chi connectivity index (χ2n) is 7.37. The highest BCUT2D eigenvalue weighted by Crippen LogP contribution is 2.28. The molecular formula is C20H29N5O3. The Labute approximate surface area is 165 Å². The van der Waals surface area contributed by atoms with Gasteiger partial charge < -0.3 is 15.0 Å². The summed E-state index contributed by atoms with van der Waals surface area (Å²) < 4.78 is 8.70. The fourth-order valence-electron chi connectivity index (χ4n) is 3.68. The molecule has 2 heterocycles. The van der Waals surface area contributed by atoms with E-state index in [2.05, 4.69) is 10.4 Å². The van der Waals surface area contributed by atoms with Gasteiger partial charge in [-0.15, -0.1) is 0 Å². The van der Waals surface area contributed by atoms with Crippen LogP contribution in [0.2, 0.25) is 0 Å². The number of urea groups is 1. The Hall–Kier alpha value is -2.77. The first kappa shape index (κ1) is 20.0. The van der Waals surface area contributed by atoms with Crippen molar-refractivity contribution in [1.82, 2.24) is 19.2 Å². The average Bonchev–Trinajstić information content (AvgIpc) is 2.98. The standard InChI is InChI=1S/C20H29N5O3/c1-5-28-17-11-7-6-10-16(17)21-19(26)24-12-8-9-15(13-24)18-22-23(4)20(27)25(18)14(2)3/h6-7,10-11,14-15H,5,8-9,12-13H2,1-4H3,(H,21,26). The molecule has 2 amide bonds. The summed E-state index contributed by atoms with van der Waals surface area (Å²) in [7, 11) is 1.67. The largest absolute Gasteiger partial charge is 0.492 e. The number of anilines is 1. The van der Waals surface area contributed by atoms with Gasteiger partial charge >= 0.3 is 11.7 Å². The number of nitrogens with one attached hydrogen (secondary N) is 1. The van der Waals surface area contributed by atoms with Crippen molar-refractivity contribution in [2.24, 2.45) is 7.05 Å². The van der Waals surface area contributed by atoms with Gasteiger partial charge in [0.05, 0.1) is 12.3 Å². The summed E-state index contributed by atoms with van der Waals surface area (Å²) in [5.41, 5.74) is 0.547. The molecule has 0 spiro atoms. The molecule has 2 aromatic rings. The number of para-hydroxylation sites is 2. The Morgan fingerprint density at radius 2 is 2.11 bits per heavy atom. The van der Waals surface area contributed by atoms with Gasteiger partial charge in [-0.05, 0) is 45.7 Å². The Morgan fingerprint density at radius 3 is 2.82 bits per heavy atom. The van der Waals surface area contributed by atoms with E-state index in [0.29, 0.717) is 31.1 Å². The SMILES string of the molecule is CCOc1ccccc1NC(=O)N1CCCC(c2nn(C)c(=O)n2C(C)C)C1. The molecule has 8 heteroatoms. The molecule has 1 atom stereocenters. The van der Waals surface area contributed by atoms with E-state index in [0.717, 1.165) is 18.7 Å². The van der Waals surface area contributed by atoms with Crippen molar-refractivity contribution in [3.05, 3.63) is 40.6 Å². The van der Waals surface area contributed by atoms with Crippen molar-refractivity contribution in [3.8, 4) is 5.75 Å². The molecule has 1 aliphatic heterocycles. The van der Waals surface area contributed by atoms with E-state index < -0.39 is 0 Å². The molecule has 1 unspecified atom stereocenters. The van der Waals surface area contributed by atoms with Crippen LogP contribution >= 0.6 is 0 Å². The van der Waals surface area contributed by atoms with Crippen molar-refractivity contribution in [2.75, 3.05) is 25.0 Å². The number of likely N-dealkylation sites (tertiary alicyclic amines) is 1. The zero-order valence-electron chi connectivity index (χ0n) is 17.0. The molecule has 1 fully saturated rings. The van der Waals surface area contributed by atoms with Crippen LogP contribution in [0.1, 0.15) is 51.4 Å². The smallest absolute Gasteiger partial charge is 0.345 e. The minimum absolute atomic E-state index is 0.0264. The summed E-state index contributed by atoms with van der Waals surface area (Å²) in [6.45, 7) is 7.61. The molecule has 0 radical (unpaired) electrons. The number of aromatic nitrogens is 3. The lowest BCUT2D eigenvalue weighted by Gasteiger charge is -2.32. The normalized spacial score (nSPS) is 17.0. The van der Waals surface area contributed by atoms with Gasteiger partial charge in [0.15, 0.2) is 0 Å². The fraction of sp³-hybridized carbons (Fsp3) is 0.550. The van der Waals surface area contributed by atoms with E-state index in [1.807, 2.05) is 45.0 Å². The van der Waals surface area contributed by atoms with Crippen LogP contribution in [0.25, 0.3) is 0 Å². The third kappa shape index (κ3) is 4.05. The van der Waals surface area contributed by atoms with Crippen molar-refractivity contribution < 1.29 is 9.53 Å². The molecule has 3 rings (SSSR count). The number of nitrogens with zero attached hydrogens (tertiary/aromatic N) is 4. The van der Waals surface area contributed by atoms with E-state index in [9.17, 15) is 9.59 Å². The number of hydrogen-bond acceptors (Lipinski definition) is 4. The zero-order valence-corrected chi connectivity index (χ0v) is 17.0. The third-order valence-electron chi connectivity index (χ3n) is 5.00. The van der Waals surface area contributed by atoms with Crippen molar-refractivity contribution in [2.45, 2.75) is 45.6 Å². The summed E-state index contributed by atoms with van der Waals surface area (Å²) in [5, 5.41) is 7.42. The first-order valence-corrected chi connectivity index (χ1v) is 9.85. The molecule has 152 valence electrons. The molecule has 0 aliphatic carbocycles. The lowest BCUT2D eigenvalue weighted by Crippen LogP contribution is -2.42. The van der Waals surface area contributed by atoms with Crippen LogP contribution in [0.3, 0.4) is 0 Å². The number of aryl methyl sites for hydroxylation is 1. The maximum atomic E-state index is 12.9. The van der Waals surface area contributed by atoms with Crippen LogP contribution in [-0.4, -0.2) is 45.0 Å². The number of rotatable bonds is 5. The van der Waals surface area contributed by atoms with Gasteiger partial charge in [-0.3, -0.25) is 4.57 Å². The monoisotopic (exact) mass is 387 g/mol. The molecule has 0 saturated carbocycles. The molecule has 0 bridgehead atoms. The Balaban J connectivity index is 1.76. The summed E-state index contributed by atoms with van der Waals surface area (Å²) in [4.78, 5) is 27.0. The van der Waals surface area contributed by atoms with Gasteiger partial charge in [0.2, 0.25) is 0 Å². The highest BCUT2D eigenvalue weighted by Gasteiger charge is 2.30. The maximum Gasteiger partial charge on any atom is 0.345 e. The van der Waals surface area contributed by atoms with Gasteiger partial charge in [0.1, 0.15) is 11.6 Å². The molecular weight excluding hydrogens is 358 g/mol. The van der Waals surface area contributed by atoms with Crippen LogP contribution in [0, 0.1) is 0 Å². The van der Waals surface area contributed by atoms with E-state index >= 15 is 0 Å². The first-order valence-electron chi connectivity index (χ1n) is 9.85. The van der Waals surface area contributed by atoms with Crippen LogP contribution in [0.15, 0.2) is 29.1 Å². The second-order valence-corrected chi connectivity index (χ2v) is 7.37. The number of amides is 2. The lowest BCUT2D eigenvalue weighted by molar-refractivity contribution is 0.190. The Kier molecular flexibility index (Phi) is 6.06. The molecule has 1 aromatic carbocycles. The van der Waals surface area contributed by atoms with Gasteiger partial charge in [-0.25, -0.2) is 14.3 Å². The number of carbonyl (C=O) groups is 1. The van der Waals surface area contributed by atoms with E-state index in [1.165, 1.54) is 4.68 Å². The van der Waals surface area contributed by atoms with Crippen LogP contribution in [0.4, 0.5) is 10.5 Å². The van der Waals surface area contributed by atoms with Gasteiger partial charge in [-0.2, -0.15) is 5.10 Å². The van der Waals surface area contributed by atoms with Gasteiger partial charge in [0, 0.05) is 32.1 Å². The second kappa shape index (κ2) is 8.50. The van der Waals surface area contributed by atoms with Crippen LogP contribution in [0.5, 0.6) is 5.75 Å². The minimum Gasteiger partial charge on any atom is -0.492 e. The Bertz CT molecular complexity index is 886. The topological polar surface area (TPSA) is 81.4 Å². The zero-order chi connectivity index (χ0) is 20.3. The highest BCUT2D eigenvalue weighted by atomic mass is 16.5. The van der Waals surface area contributed by atoms with Crippen LogP contribution < -0.4 is 15.7 Å². The molecule has 28 heavy (non-hydrogen) atoms. The van der Waals surface area contributed by atoms with E-state index in [-0.39, 0.29) is 23.7 Å². The Morgan fingerprint density at radius 1 is 1.36 bits per heavy atom. The van der Waals surface area contributed by atoms with Crippen molar-refractivity contribution in [3.63, 3.8) is 0 Å². The predicted molar refractivity (Wildman–Crippen MR) is 108 cm³/mol. The van der Waals surface area contributed by atoms with Crippen molar-refractivity contribution >= 4 is 11.7 Å². The lowest BCUT2D eigenvalue weighted by atomic mass is 9.97. The quantitative estimate of drug-likeness (QED) is 0.855. The molecule has 1 aliphatic rings.